The molecule has 2 aromatic carbocycles. The topological polar surface area (TPSA) is 30.8 Å². The molecule has 0 fully saturated rings. The number of benzene rings is 2. The average molecular weight is 394 g/mol. The van der Waals surface area contributed by atoms with Gasteiger partial charge in [-0.1, -0.05) is 52.6 Å². The molecular weight excluding hydrogens is 376 g/mol. The van der Waals surface area contributed by atoms with E-state index in [9.17, 15) is 4.39 Å². The standard InChI is InChI=1S/C20H18Cl2FNO2/c21-20(22)11-12-25-19-6-2-3-16-17(19)4-1-5-18(16)24-26-13-14-7-9-15(23)10-8-14/h2-3,6-11H,1,4-5,12-13H2/b24-18+. The largest absolute Gasteiger partial charge is 0.489 e. The molecule has 0 N–H and O–H groups in total. The van der Waals surface area contributed by atoms with Gasteiger partial charge in [0.15, 0.2) is 0 Å². The minimum atomic E-state index is -0.265. The first-order valence-electron chi connectivity index (χ1n) is 8.33. The lowest BCUT2D eigenvalue weighted by Crippen LogP contribution is -2.14. The number of hydrogen-bond donors (Lipinski definition) is 0. The molecule has 1 aliphatic carbocycles. The predicted octanol–water partition coefficient (Wildman–Crippen LogP) is 5.78. The van der Waals surface area contributed by atoms with Crippen LogP contribution in [0.2, 0.25) is 0 Å². The van der Waals surface area contributed by atoms with Gasteiger partial charge < -0.3 is 9.57 Å². The van der Waals surface area contributed by atoms with Gasteiger partial charge in [-0.25, -0.2) is 4.39 Å². The predicted molar refractivity (Wildman–Crippen MR) is 102 cm³/mol. The Bertz CT molecular complexity index is 815. The first kappa shape index (κ1) is 18.7. The number of rotatable bonds is 6. The molecule has 2 aromatic rings. The van der Waals surface area contributed by atoms with Crippen LogP contribution in [0, 0.1) is 5.82 Å². The highest BCUT2D eigenvalue weighted by atomic mass is 35.5. The maximum atomic E-state index is 12.9. The zero-order valence-electron chi connectivity index (χ0n) is 14.1. The van der Waals surface area contributed by atoms with Crippen LogP contribution in [0.1, 0.15) is 29.5 Å². The molecule has 0 saturated carbocycles. The van der Waals surface area contributed by atoms with Crippen LogP contribution >= 0.6 is 23.2 Å². The summed E-state index contributed by atoms with van der Waals surface area (Å²) < 4.78 is 18.9. The Morgan fingerprint density at radius 1 is 1.12 bits per heavy atom. The first-order chi connectivity index (χ1) is 12.6. The molecule has 0 saturated heterocycles. The molecule has 0 bridgehead atoms. The van der Waals surface area contributed by atoms with Gasteiger partial charge in [-0.05, 0) is 49.1 Å². The van der Waals surface area contributed by atoms with Crippen molar-refractivity contribution >= 4 is 28.9 Å². The van der Waals surface area contributed by atoms with E-state index in [0.717, 1.165) is 47.4 Å². The van der Waals surface area contributed by atoms with Crippen LogP contribution in [0.5, 0.6) is 5.75 Å². The van der Waals surface area contributed by atoms with Crippen LogP contribution in [0.25, 0.3) is 0 Å². The highest BCUT2D eigenvalue weighted by Gasteiger charge is 2.19. The molecular formula is C20H18Cl2FNO2. The zero-order valence-corrected chi connectivity index (χ0v) is 15.6. The van der Waals surface area contributed by atoms with E-state index in [0.29, 0.717) is 13.2 Å². The van der Waals surface area contributed by atoms with Gasteiger partial charge >= 0.3 is 0 Å². The number of fused-ring (bicyclic) bond motifs is 1. The Balaban J connectivity index is 1.71. The maximum Gasteiger partial charge on any atom is 0.142 e. The van der Waals surface area contributed by atoms with Crippen molar-refractivity contribution in [3.63, 3.8) is 0 Å². The Hall–Kier alpha value is -2.04. The Labute approximate surface area is 162 Å². The lowest BCUT2D eigenvalue weighted by atomic mass is 9.89. The van der Waals surface area contributed by atoms with Gasteiger partial charge in [0.1, 0.15) is 29.3 Å². The Morgan fingerprint density at radius 3 is 2.69 bits per heavy atom. The second-order valence-electron chi connectivity index (χ2n) is 5.88. The third kappa shape index (κ3) is 4.99. The summed E-state index contributed by atoms with van der Waals surface area (Å²) in [7, 11) is 0. The van der Waals surface area contributed by atoms with Crippen molar-refractivity contribution in [1.82, 2.24) is 0 Å². The van der Waals surface area contributed by atoms with Crippen molar-refractivity contribution in [2.24, 2.45) is 5.16 Å². The second-order valence-corrected chi connectivity index (χ2v) is 6.89. The minimum absolute atomic E-state index is 0.186. The van der Waals surface area contributed by atoms with E-state index in [2.05, 4.69) is 5.16 Å². The van der Waals surface area contributed by atoms with Crippen molar-refractivity contribution in [1.29, 1.82) is 0 Å². The third-order valence-electron chi connectivity index (χ3n) is 4.08. The molecule has 6 heteroatoms. The molecule has 0 aliphatic heterocycles. The SMILES string of the molecule is Fc1ccc(CO/N=C2\CCCc3c(OCC=C(Cl)Cl)cccc32)cc1. The lowest BCUT2D eigenvalue weighted by molar-refractivity contribution is 0.130. The maximum absolute atomic E-state index is 12.9. The lowest BCUT2D eigenvalue weighted by Gasteiger charge is -2.20. The summed E-state index contributed by atoms with van der Waals surface area (Å²) in [6.45, 7) is 0.612. The van der Waals surface area contributed by atoms with Crippen molar-refractivity contribution in [3.8, 4) is 5.75 Å². The highest BCUT2D eigenvalue weighted by Crippen LogP contribution is 2.30. The molecule has 0 spiro atoms. The molecule has 0 heterocycles. The highest BCUT2D eigenvalue weighted by molar-refractivity contribution is 6.55. The fourth-order valence-corrected chi connectivity index (χ4v) is 2.98. The normalized spacial score (nSPS) is 14.7. The number of nitrogens with zero attached hydrogens (tertiary/aromatic N) is 1. The number of ether oxygens (including phenoxy) is 1. The Kier molecular flexibility index (Phi) is 6.53. The van der Waals surface area contributed by atoms with Gasteiger partial charge in [-0.15, -0.1) is 0 Å². The smallest absolute Gasteiger partial charge is 0.142 e. The summed E-state index contributed by atoms with van der Waals surface area (Å²) in [5.41, 5.74) is 3.91. The molecule has 0 aromatic heterocycles. The summed E-state index contributed by atoms with van der Waals surface area (Å²) in [6, 6.07) is 12.1. The molecule has 0 radical (unpaired) electrons. The van der Waals surface area contributed by atoms with Crippen molar-refractivity contribution in [2.45, 2.75) is 25.9 Å². The van der Waals surface area contributed by atoms with Gasteiger partial charge in [-0.3, -0.25) is 0 Å². The summed E-state index contributed by atoms with van der Waals surface area (Å²) in [4.78, 5) is 5.49. The fourth-order valence-electron chi connectivity index (χ4n) is 2.85. The number of hydrogen-bond acceptors (Lipinski definition) is 3. The molecule has 26 heavy (non-hydrogen) atoms. The van der Waals surface area contributed by atoms with Crippen LogP contribution in [0.15, 0.2) is 58.2 Å². The van der Waals surface area contributed by atoms with Crippen LogP contribution < -0.4 is 4.74 Å². The Morgan fingerprint density at radius 2 is 1.92 bits per heavy atom. The molecule has 0 amide bonds. The molecule has 3 nitrogen and oxygen atoms in total. The van der Waals surface area contributed by atoms with E-state index in [1.165, 1.54) is 12.1 Å². The van der Waals surface area contributed by atoms with E-state index in [1.54, 1.807) is 18.2 Å². The van der Waals surface area contributed by atoms with Crippen molar-refractivity contribution < 1.29 is 14.0 Å². The average Bonchev–Trinajstić information content (AvgIpc) is 2.63. The van der Waals surface area contributed by atoms with Gasteiger partial charge in [0, 0.05) is 11.1 Å². The van der Waals surface area contributed by atoms with Crippen LogP contribution in [0.3, 0.4) is 0 Å². The van der Waals surface area contributed by atoms with E-state index in [4.69, 9.17) is 32.8 Å². The van der Waals surface area contributed by atoms with E-state index in [-0.39, 0.29) is 10.3 Å². The second kappa shape index (κ2) is 9.06. The molecule has 0 atom stereocenters. The fraction of sp³-hybridized carbons (Fsp3) is 0.250. The third-order valence-corrected chi connectivity index (χ3v) is 4.39. The van der Waals surface area contributed by atoms with Crippen LogP contribution in [-0.4, -0.2) is 12.3 Å². The van der Waals surface area contributed by atoms with E-state index in [1.807, 2.05) is 18.2 Å². The van der Waals surface area contributed by atoms with Gasteiger partial charge in [0.05, 0.1) is 5.71 Å². The number of oxime groups is 1. The first-order valence-corrected chi connectivity index (χ1v) is 9.08. The minimum Gasteiger partial charge on any atom is -0.489 e. The number of halogens is 3. The monoisotopic (exact) mass is 393 g/mol. The summed E-state index contributed by atoms with van der Waals surface area (Å²) in [5.74, 6) is 0.540. The molecule has 136 valence electrons. The van der Waals surface area contributed by atoms with Crippen molar-refractivity contribution in [2.75, 3.05) is 6.61 Å². The van der Waals surface area contributed by atoms with Crippen LogP contribution in [0.4, 0.5) is 4.39 Å². The zero-order chi connectivity index (χ0) is 18.4. The summed E-state index contributed by atoms with van der Waals surface area (Å²) in [5, 5.41) is 4.31. The summed E-state index contributed by atoms with van der Waals surface area (Å²) >= 11 is 11.2. The van der Waals surface area contributed by atoms with E-state index < -0.39 is 0 Å². The quantitative estimate of drug-likeness (QED) is 0.582. The molecule has 1 aliphatic rings. The van der Waals surface area contributed by atoms with Crippen molar-refractivity contribution in [3.05, 3.63) is 75.5 Å². The summed E-state index contributed by atoms with van der Waals surface area (Å²) in [6.07, 6.45) is 4.33. The van der Waals surface area contributed by atoms with Gasteiger partial charge in [-0.2, -0.15) is 0 Å². The molecule has 3 rings (SSSR count). The van der Waals surface area contributed by atoms with Gasteiger partial charge in [0.25, 0.3) is 0 Å². The van der Waals surface area contributed by atoms with Gasteiger partial charge in [0.2, 0.25) is 0 Å². The van der Waals surface area contributed by atoms with E-state index >= 15 is 0 Å². The van der Waals surface area contributed by atoms with Crippen LogP contribution in [-0.2, 0) is 17.9 Å². The molecule has 0 unspecified atom stereocenters.